The molecule has 4 rings (SSSR count). The molecule has 0 bridgehead atoms. The molecule has 0 aliphatic heterocycles. The van der Waals surface area contributed by atoms with E-state index < -0.39 is 35.4 Å². The molecule has 0 spiro atoms. The molecule has 28 heavy (non-hydrogen) atoms. The lowest BCUT2D eigenvalue weighted by atomic mass is 9.88. The van der Waals surface area contributed by atoms with Crippen molar-refractivity contribution in [1.82, 2.24) is 5.32 Å². The lowest BCUT2D eigenvalue weighted by molar-refractivity contribution is -0.120. The van der Waals surface area contributed by atoms with Gasteiger partial charge >= 0.3 is 0 Å². The van der Waals surface area contributed by atoms with Gasteiger partial charge in [-0.2, -0.15) is 0 Å². The molecule has 1 aliphatic carbocycles. The summed E-state index contributed by atoms with van der Waals surface area (Å²) in [7, 11) is 0. The number of carbonyl (C=O) groups is 2. The zero-order valence-corrected chi connectivity index (χ0v) is 14.7. The minimum atomic E-state index is -1.08. The molecule has 1 atom stereocenters. The fourth-order valence-corrected chi connectivity index (χ4v) is 3.78. The second-order valence-corrected chi connectivity index (χ2v) is 6.66. The molecular weight excluding hydrogens is 362 g/mol. The Bertz CT molecular complexity index is 1030. The number of rotatable bonds is 4. The van der Waals surface area contributed by atoms with Crippen molar-refractivity contribution in [3.63, 3.8) is 0 Å². The van der Waals surface area contributed by atoms with E-state index in [4.69, 9.17) is 5.73 Å². The normalized spacial score (nSPS) is 13.5. The number of halogens is 2. The van der Waals surface area contributed by atoms with Gasteiger partial charge in [-0.05, 0) is 34.4 Å². The first kappa shape index (κ1) is 17.9. The van der Waals surface area contributed by atoms with E-state index in [1.165, 1.54) is 0 Å². The van der Waals surface area contributed by atoms with Crippen molar-refractivity contribution in [3.8, 4) is 11.1 Å². The number of nitrogens with two attached hydrogens (primary N) is 1. The number of fused-ring (bicyclic) bond motifs is 3. The minimum absolute atomic E-state index is 0.219. The quantitative estimate of drug-likeness (QED) is 0.731. The third kappa shape index (κ3) is 3.03. The third-order valence-electron chi connectivity index (χ3n) is 4.93. The molecule has 3 aromatic carbocycles. The van der Waals surface area contributed by atoms with Gasteiger partial charge in [0.05, 0.1) is 0 Å². The lowest BCUT2D eigenvalue weighted by Gasteiger charge is -2.24. The molecule has 0 fully saturated rings. The van der Waals surface area contributed by atoms with Gasteiger partial charge in [0, 0.05) is 17.5 Å². The number of carbonyl (C=O) groups excluding carboxylic acids is 2. The summed E-state index contributed by atoms with van der Waals surface area (Å²) in [5, 5.41) is 2.56. The highest BCUT2D eigenvalue weighted by Gasteiger charge is 2.38. The van der Waals surface area contributed by atoms with Gasteiger partial charge in [0.15, 0.2) is 0 Å². The van der Waals surface area contributed by atoms with Crippen LogP contribution in [-0.2, 0) is 4.79 Å². The van der Waals surface area contributed by atoms with Crippen LogP contribution in [0, 0.1) is 11.6 Å². The van der Waals surface area contributed by atoms with Crippen molar-refractivity contribution in [2.24, 2.45) is 5.73 Å². The molecule has 4 nitrogen and oxygen atoms in total. The van der Waals surface area contributed by atoms with Gasteiger partial charge in [-0.25, -0.2) is 8.78 Å². The number of benzene rings is 3. The SMILES string of the molecule is NC(=O)[C@@H](NC(=O)c1cc(F)cc(F)c1)C1c2ccccc2-c2ccccc21. The van der Waals surface area contributed by atoms with Crippen molar-refractivity contribution in [2.45, 2.75) is 12.0 Å². The fraction of sp³-hybridized carbons (Fsp3) is 0.0909. The zero-order chi connectivity index (χ0) is 19.8. The van der Waals surface area contributed by atoms with Crippen LogP contribution in [0.1, 0.15) is 27.4 Å². The second-order valence-electron chi connectivity index (χ2n) is 6.66. The van der Waals surface area contributed by atoms with Gasteiger partial charge in [0.25, 0.3) is 5.91 Å². The highest BCUT2D eigenvalue weighted by atomic mass is 19.1. The van der Waals surface area contributed by atoms with Crippen LogP contribution in [0.15, 0.2) is 66.7 Å². The standard InChI is InChI=1S/C22H16F2N2O2/c23-13-9-12(10-14(24)11-13)22(28)26-20(21(25)27)19-17-7-3-1-5-15(17)16-6-2-4-8-18(16)19/h1-11,19-20H,(H2,25,27)(H,26,28)/t20-/m0/s1. The predicted molar refractivity (Wildman–Crippen MR) is 101 cm³/mol. The Morgan fingerprint density at radius 1 is 0.857 bits per heavy atom. The lowest BCUT2D eigenvalue weighted by Crippen LogP contribution is -2.48. The molecule has 0 heterocycles. The summed E-state index contributed by atoms with van der Waals surface area (Å²) in [5.74, 6) is -3.76. The fourth-order valence-electron chi connectivity index (χ4n) is 3.78. The van der Waals surface area contributed by atoms with Gasteiger partial charge in [-0.3, -0.25) is 9.59 Å². The largest absolute Gasteiger partial charge is 0.368 e. The maximum atomic E-state index is 13.5. The Morgan fingerprint density at radius 3 is 1.86 bits per heavy atom. The van der Waals surface area contributed by atoms with Crippen LogP contribution in [0.4, 0.5) is 8.78 Å². The molecule has 3 aromatic rings. The molecule has 140 valence electrons. The summed E-state index contributed by atoms with van der Waals surface area (Å²) in [6, 6.07) is 16.5. The van der Waals surface area contributed by atoms with E-state index >= 15 is 0 Å². The molecule has 0 saturated carbocycles. The van der Waals surface area contributed by atoms with Crippen molar-refractivity contribution >= 4 is 11.8 Å². The van der Waals surface area contributed by atoms with Crippen molar-refractivity contribution < 1.29 is 18.4 Å². The molecule has 0 radical (unpaired) electrons. The number of hydrogen-bond acceptors (Lipinski definition) is 2. The van der Waals surface area contributed by atoms with Gasteiger partial charge in [0.1, 0.15) is 17.7 Å². The molecule has 6 heteroatoms. The van der Waals surface area contributed by atoms with Crippen LogP contribution >= 0.6 is 0 Å². The van der Waals surface area contributed by atoms with E-state index in [2.05, 4.69) is 5.32 Å². The third-order valence-corrected chi connectivity index (χ3v) is 4.93. The molecular formula is C22H16F2N2O2. The van der Waals surface area contributed by atoms with E-state index in [0.29, 0.717) is 6.07 Å². The van der Waals surface area contributed by atoms with E-state index in [0.717, 1.165) is 34.4 Å². The Hall–Kier alpha value is -3.54. The van der Waals surface area contributed by atoms with Crippen LogP contribution in [-0.4, -0.2) is 17.9 Å². The monoisotopic (exact) mass is 378 g/mol. The minimum Gasteiger partial charge on any atom is -0.368 e. The number of hydrogen-bond donors (Lipinski definition) is 2. The van der Waals surface area contributed by atoms with Gasteiger partial charge in [-0.15, -0.1) is 0 Å². The van der Waals surface area contributed by atoms with Gasteiger partial charge in [-0.1, -0.05) is 48.5 Å². The van der Waals surface area contributed by atoms with E-state index in [-0.39, 0.29) is 5.56 Å². The summed E-state index contributed by atoms with van der Waals surface area (Å²) in [6.45, 7) is 0. The second kappa shape index (κ2) is 6.88. The van der Waals surface area contributed by atoms with Crippen LogP contribution in [0.25, 0.3) is 11.1 Å². The molecule has 2 amide bonds. The molecule has 0 aromatic heterocycles. The van der Waals surface area contributed by atoms with Crippen molar-refractivity contribution in [2.75, 3.05) is 0 Å². The molecule has 3 N–H and O–H groups in total. The average Bonchev–Trinajstić information content (AvgIpc) is 2.99. The summed E-state index contributed by atoms with van der Waals surface area (Å²) in [5.41, 5.74) is 9.03. The maximum Gasteiger partial charge on any atom is 0.252 e. The summed E-state index contributed by atoms with van der Waals surface area (Å²) in [4.78, 5) is 24.9. The number of nitrogens with one attached hydrogen (secondary N) is 1. The van der Waals surface area contributed by atoms with Gasteiger partial charge < -0.3 is 11.1 Å². The van der Waals surface area contributed by atoms with E-state index in [1.54, 1.807) is 0 Å². The Labute approximate surface area is 160 Å². The molecule has 0 unspecified atom stereocenters. The van der Waals surface area contributed by atoms with Crippen LogP contribution in [0.5, 0.6) is 0 Å². The number of primary amides is 1. The van der Waals surface area contributed by atoms with Crippen molar-refractivity contribution in [1.29, 1.82) is 0 Å². The first-order valence-corrected chi connectivity index (χ1v) is 8.70. The van der Waals surface area contributed by atoms with Crippen LogP contribution in [0.3, 0.4) is 0 Å². The average molecular weight is 378 g/mol. The van der Waals surface area contributed by atoms with E-state index in [1.807, 2.05) is 48.5 Å². The first-order valence-electron chi connectivity index (χ1n) is 8.70. The highest BCUT2D eigenvalue weighted by Crippen LogP contribution is 2.46. The smallest absolute Gasteiger partial charge is 0.252 e. The zero-order valence-electron chi connectivity index (χ0n) is 14.7. The Morgan fingerprint density at radius 2 is 1.36 bits per heavy atom. The summed E-state index contributed by atoms with van der Waals surface area (Å²) < 4.78 is 26.9. The summed E-state index contributed by atoms with van der Waals surface area (Å²) >= 11 is 0. The Kier molecular flexibility index (Phi) is 4.39. The van der Waals surface area contributed by atoms with Gasteiger partial charge in [0.2, 0.25) is 5.91 Å². The van der Waals surface area contributed by atoms with Crippen LogP contribution < -0.4 is 11.1 Å². The summed E-state index contributed by atoms with van der Waals surface area (Å²) in [6.07, 6.45) is 0. The maximum absolute atomic E-state index is 13.5. The topological polar surface area (TPSA) is 72.2 Å². The Balaban J connectivity index is 1.75. The molecule has 1 aliphatic rings. The predicted octanol–water partition coefficient (Wildman–Crippen LogP) is 3.36. The van der Waals surface area contributed by atoms with Crippen LogP contribution in [0.2, 0.25) is 0 Å². The first-order chi connectivity index (χ1) is 13.5. The highest BCUT2D eigenvalue weighted by molar-refractivity contribution is 5.98. The van der Waals surface area contributed by atoms with Crippen molar-refractivity contribution in [3.05, 3.63) is 95.1 Å². The van der Waals surface area contributed by atoms with E-state index in [9.17, 15) is 18.4 Å². The number of amides is 2. The molecule has 0 saturated heterocycles.